The first-order valence-corrected chi connectivity index (χ1v) is 6.22. The number of aliphatic carboxylic acids is 1. The molecule has 0 unspecified atom stereocenters. The fourth-order valence-corrected chi connectivity index (χ4v) is 2.50. The summed E-state index contributed by atoms with van der Waals surface area (Å²) in [4.78, 5) is 11.6. The second-order valence-corrected chi connectivity index (χ2v) is 4.69. The molecule has 0 bridgehead atoms. The second-order valence-electron chi connectivity index (χ2n) is 3.84. The van der Waals surface area contributed by atoms with E-state index in [1.807, 2.05) is 0 Å². The molecule has 1 N–H and O–H groups in total. The Morgan fingerprint density at radius 3 is 1.56 bits per heavy atom. The van der Waals surface area contributed by atoms with Crippen molar-refractivity contribution in [2.24, 2.45) is 0 Å². The van der Waals surface area contributed by atoms with Gasteiger partial charge < -0.3 is 5.11 Å². The van der Waals surface area contributed by atoms with Gasteiger partial charge in [-0.15, -0.1) is 0 Å². The SMILES string of the molecule is O=PC(C(=O)O)(c1ccccc1)c1ccccc1. The van der Waals surface area contributed by atoms with Crippen molar-refractivity contribution >= 4 is 14.4 Å². The van der Waals surface area contributed by atoms with E-state index in [1.54, 1.807) is 60.7 Å². The standard InChI is InChI=1S/C14H11O3P/c15-13(16)14(18-17,11-7-3-1-4-8-11)12-9-5-2-6-10-12/h1-10H,(H,15,16). The van der Waals surface area contributed by atoms with E-state index in [9.17, 15) is 14.5 Å². The van der Waals surface area contributed by atoms with E-state index in [0.29, 0.717) is 11.1 Å². The Morgan fingerprint density at radius 2 is 1.28 bits per heavy atom. The number of hydrogen-bond donors (Lipinski definition) is 1. The predicted molar refractivity (Wildman–Crippen MR) is 68.9 cm³/mol. The lowest BCUT2D eigenvalue weighted by atomic mass is 9.90. The molecule has 0 saturated heterocycles. The van der Waals surface area contributed by atoms with Crippen LogP contribution in [0.3, 0.4) is 0 Å². The van der Waals surface area contributed by atoms with Crippen LogP contribution in [-0.4, -0.2) is 11.1 Å². The van der Waals surface area contributed by atoms with E-state index in [-0.39, 0.29) is 0 Å². The molecular weight excluding hydrogens is 247 g/mol. The average Bonchev–Trinajstić information content (AvgIpc) is 2.42. The van der Waals surface area contributed by atoms with Gasteiger partial charge in [-0.2, -0.15) is 0 Å². The number of carboxylic acids is 1. The first-order valence-electron chi connectivity index (χ1n) is 5.41. The van der Waals surface area contributed by atoms with Crippen LogP contribution >= 0.6 is 8.46 Å². The van der Waals surface area contributed by atoms with Crippen LogP contribution < -0.4 is 0 Å². The lowest BCUT2D eigenvalue weighted by molar-refractivity contribution is -0.139. The van der Waals surface area contributed by atoms with Gasteiger partial charge in [0.15, 0.2) is 13.6 Å². The van der Waals surface area contributed by atoms with E-state index in [2.05, 4.69) is 0 Å². The maximum Gasteiger partial charge on any atom is 0.330 e. The molecule has 0 aliphatic heterocycles. The van der Waals surface area contributed by atoms with Crippen LogP contribution in [0, 0.1) is 0 Å². The zero-order valence-electron chi connectivity index (χ0n) is 9.48. The summed E-state index contributed by atoms with van der Waals surface area (Å²) in [6, 6.07) is 17.2. The molecule has 90 valence electrons. The van der Waals surface area contributed by atoms with Crippen molar-refractivity contribution in [2.45, 2.75) is 5.16 Å². The van der Waals surface area contributed by atoms with Crippen molar-refractivity contribution in [3.63, 3.8) is 0 Å². The lowest BCUT2D eigenvalue weighted by Crippen LogP contribution is -2.31. The van der Waals surface area contributed by atoms with E-state index in [4.69, 9.17) is 0 Å². The number of carbonyl (C=O) groups is 1. The summed E-state index contributed by atoms with van der Waals surface area (Å²) in [5, 5.41) is 7.98. The smallest absolute Gasteiger partial charge is 0.330 e. The van der Waals surface area contributed by atoms with Gasteiger partial charge in [0, 0.05) is 0 Å². The lowest BCUT2D eigenvalue weighted by Gasteiger charge is -2.23. The van der Waals surface area contributed by atoms with Crippen molar-refractivity contribution < 1.29 is 14.5 Å². The van der Waals surface area contributed by atoms with Crippen LogP contribution in [0.15, 0.2) is 60.7 Å². The summed E-state index contributed by atoms with van der Waals surface area (Å²) in [6.45, 7) is 0. The molecule has 0 amide bonds. The quantitative estimate of drug-likeness (QED) is 0.856. The molecule has 0 aliphatic carbocycles. The Bertz CT molecular complexity index is 512. The number of rotatable bonds is 4. The number of carboxylic acid groups (broad SMARTS) is 1. The normalized spacial score (nSPS) is 11.3. The second kappa shape index (κ2) is 5.11. The van der Waals surface area contributed by atoms with Crippen LogP contribution in [0.5, 0.6) is 0 Å². The van der Waals surface area contributed by atoms with Gasteiger partial charge in [-0.25, -0.2) is 0 Å². The largest absolute Gasteiger partial charge is 0.480 e. The van der Waals surface area contributed by atoms with Gasteiger partial charge in [-0.1, -0.05) is 60.7 Å². The summed E-state index contributed by atoms with van der Waals surface area (Å²) in [5.74, 6) is -1.13. The fraction of sp³-hybridized carbons (Fsp3) is 0.0714. The maximum atomic E-state index is 11.6. The molecule has 0 atom stereocenters. The molecule has 2 rings (SSSR count). The third kappa shape index (κ3) is 1.93. The molecule has 2 aromatic carbocycles. The van der Waals surface area contributed by atoms with Gasteiger partial charge in [0.25, 0.3) is 0 Å². The molecule has 0 radical (unpaired) electrons. The topological polar surface area (TPSA) is 54.4 Å². The number of hydrogen-bond acceptors (Lipinski definition) is 2. The van der Waals surface area contributed by atoms with E-state index in [0.717, 1.165) is 0 Å². The Morgan fingerprint density at radius 1 is 0.889 bits per heavy atom. The van der Waals surface area contributed by atoms with Crippen LogP contribution in [0.4, 0.5) is 0 Å². The van der Waals surface area contributed by atoms with Crippen molar-refractivity contribution in [3.05, 3.63) is 71.8 Å². The molecule has 0 fully saturated rings. The number of benzene rings is 2. The molecule has 0 aliphatic rings. The van der Waals surface area contributed by atoms with Crippen LogP contribution in [0.25, 0.3) is 0 Å². The zero-order valence-corrected chi connectivity index (χ0v) is 10.4. The maximum absolute atomic E-state index is 11.6. The molecule has 4 heteroatoms. The monoisotopic (exact) mass is 258 g/mol. The van der Waals surface area contributed by atoms with Gasteiger partial charge in [0.2, 0.25) is 0 Å². The van der Waals surface area contributed by atoms with Crippen molar-refractivity contribution in [1.82, 2.24) is 0 Å². The van der Waals surface area contributed by atoms with Crippen molar-refractivity contribution in [2.75, 3.05) is 0 Å². The molecule has 2 aromatic rings. The highest BCUT2D eigenvalue weighted by molar-refractivity contribution is 7.27. The van der Waals surface area contributed by atoms with E-state index < -0.39 is 19.6 Å². The van der Waals surface area contributed by atoms with Gasteiger partial charge >= 0.3 is 5.97 Å². The van der Waals surface area contributed by atoms with Gasteiger partial charge in [-0.3, -0.25) is 9.36 Å². The van der Waals surface area contributed by atoms with E-state index in [1.165, 1.54) is 0 Å². The van der Waals surface area contributed by atoms with Gasteiger partial charge in [-0.05, 0) is 11.1 Å². The minimum Gasteiger partial charge on any atom is -0.480 e. The van der Waals surface area contributed by atoms with Crippen LogP contribution in [0.2, 0.25) is 0 Å². The van der Waals surface area contributed by atoms with E-state index >= 15 is 0 Å². The molecule has 0 aromatic heterocycles. The summed E-state index contributed by atoms with van der Waals surface area (Å²) in [6.07, 6.45) is 0. The molecular formula is C14H11O3P. The molecule has 18 heavy (non-hydrogen) atoms. The molecule has 0 heterocycles. The summed E-state index contributed by atoms with van der Waals surface area (Å²) in [5.41, 5.74) is 1.00. The third-order valence-corrected chi connectivity index (χ3v) is 3.81. The fourth-order valence-electron chi connectivity index (χ4n) is 1.92. The van der Waals surface area contributed by atoms with Gasteiger partial charge in [0.05, 0.1) is 0 Å². The summed E-state index contributed by atoms with van der Waals surface area (Å²) < 4.78 is 11.6. The highest BCUT2D eigenvalue weighted by Crippen LogP contribution is 2.42. The third-order valence-electron chi connectivity index (χ3n) is 2.83. The average molecular weight is 258 g/mol. The predicted octanol–water partition coefficient (Wildman–Crippen LogP) is 3.31. The Kier molecular flexibility index (Phi) is 3.54. The first kappa shape index (κ1) is 12.5. The first-order chi connectivity index (χ1) is 8.71. The molecule has 0 spiro atoms. The highest BCUT2D eigenvalue weighted by atomic mass is 31.1. The molecule has 3 nitrogen and oxygen atoms in total. The summed E-state index contributed by atoms with van der Waals surface area (Å²) in [7, 11) is -0.457. The minimum absolute atomic E-state index is 0.457. The summed E-state index contributed by atoms with van der Waals surface area (Å²) >= 11 is 0. The van der Waals surface area contributed by atoms with Gasteiger partial charge in [0.1, 0.15) is 0 Å². The minimum atomic E-state index is -1.54. The van der Waals surface area contributed by atoms with Crippen molar-refractivity contribution in [3.8, 4) is 0 Å². The highest BCUT2D eigenvalue weighted by Gasteiger charge is 2.43. The van der Waals surface area contributed by atoms with Crippen LogP contribution in [-0.2, 0) is 14.5 Å². The molecule has 0 saturated carbocycles. The Labute approximate surface area is 106 Å². The van der Waals surface area contributed by atoms with Crippen molar-refractivity contribution in [1.29, 1.82) is 0 Å². The zero-order chi connectivity index (χ0) is 13.0. The van der Waals surface area contributed by atoms with Crippen LogP contribution in [0.1, 0.15) is 11.1 Å². The Hall–Kier alpha value is -1.99. The Balaban J connectivity index is 2.69.